The Morgan fingerprint density at radius 1 is 1.23 bits per heavy atom. The standard InChI is InChI=1S/C19H24N2O/c1-18(2)13-19(10-16-11-20-22-17(16)18)8-9-21(14-19)12-15-6-4-3-5-7-15/h3-7,11H,8-10,12-14H2,1-2H3. The van der Waals surface area contributed by atoms with Crippen molar-refractivity contribution >= 4 is 0 Å². The van der Waals surface area contributed by atoms with Crippen molar-refractivity contribution in [2.24, 2.45) is 5.41 Å². The first-order valence-electron chi connectivity index (χ1n) is 8.27. The van der Waals surface area contributed by atoms with Gasteiger partial charge in [0, 0.05) is 24.1 Å². The number of likely N-dealkylation sites (tertiary alicyclic amines) is 1. The van der Waals surface area contributed by atoms with Crippen molar-refractivity contribution in [1.29, 1.82) is 0 Å². The molecule has 3 nitrogen and oxygen atoms in total. The van der Waals surface area contributed by atoms with Gasteiger partial charge < -0.3 is 4.52 Å². The van der Waals surface area contributed by atoms with Crippen molar-refractivity contribution < 1.29 is 4.52 Å². The Morgan fingerprint density at radius 3 is 2.86 bits per heavy atom. The summed E-state index contributed by atoms with van der Waals surface area (Å²) in [5, 5.41) is 4.05. The number of hydrogen-bond donors (Lipinski definition) is 0. The molecule has 0 radical (unpaired) electrons. The molecule has 2 heterocycles. The van der Waals surface area contributed by atoms with E-state index >= 15 is 0 Å². The van der Waals surface area contributed by atoms with Crippen LogP contribution in [0.4, 0.5) is 0 Å². The maximum Gasteiger partial charge on any atom is 0.145 e. The minimum absolute atomic E-state index is 0.104. The average Bonchev–Trinajstić information content (AvgIpc) is 3.08. The van der Waals surface area contributed by atoms with Crippen LogP contribution in [-0.4, -0.2) is 23.1 Å². The lowest BCUT2D eigenvalue weighted by Gasteiger charge is -2.41. The van der Waals surface area contributed by atoms with Crippen molar-refractivity contribution in [3.63, 3.8) is 0 Å². The maximum absolute atomic E-state index is 5.53. The molecule has 1 aromatic carbocycles. The third-order valence-electron chi connectivity index (χ3n) is 5.41. The van der Waals surface area contributed by atoms with Gasteiger partial charge in [0.15, 0.2) is 0 Å². The van der Waals surface area contributed by atoms with Gasteiger partial charge in [0.05, 0.1) is 6.20 Å². The van der Waals surface area contributed by atoms with Gasteiger partial charge in [-0.25, -0.2) is 0 Å². The summed E-state index contributed by atoms with van der Waals surface area (Å²) in [5.41, 5.74) is 3.25. The number of aromatic nitrogens is 1. The van der Waals surface area contributed by atoms with Gasteiger partial charge in [0.1, 0.15) is 5.76 Å². The smallest absolute Gasteiger partial charge is 0.145 e. The monoisotopic (exact) mass is 296 g/mol. The molecule has 1 spiro atoms. The van der Waals surface area contributed by atoms with Gasteiger partial charge in [-0.1, -0.05) is 49.3 Å². The van der Waals surface area contributed by atoms with Crippen LogP contribution in [-0.2, 0) is 18.4 Å². The SMILES string of the molecule is CC1(C)CC2(CCN(Cc3ccccc3)C2)Cc2cnoc21. The molecular weight excluding hydrogens is 272 g/mol. The highest BCUT2D eigenvalue weighted by molar-refractivity contribution is 5.29. The molecule has 0 bridgehead atoms. The van der Waals surface area contributed by atoms with Crippen LogP contribution in [0.15, 0.2) is 41.1 Å². The van der Waals surface area contributed by atoms with Crippen molar-refractivity contribution in [2.75, 3.05) is 13.1 Å². The van der Waals surface area contributed by atoms with Crippen LogP contribution in [0.5, 0.6) is 0 Å². The van der Waals surface area contributed by atoms with Gasteiger partial charge >= 0.3 is 0 Å². The van der Waals surface area contributed by atoms with E-state index in [-0.39, 0.29) is 5.41 Å². The summed E-state index contributed by atoms with van der Waals surface area (Å²) in [6, 6.07) is 10.8. The summed E-state index contributed by atoms with van der Waals surface area (Å²) in [4.78, 5) is 2.61. The van der Waals surface area contributed by atoms with Crippen molar-refractivity contribution in [2.45, 2.75) is 45.1 Å². The molecule has 22 heavy (non-hydrogen) atoms. The Labute approximate surface area is 132 Å². The minimum atomic E-state index is 0.104. The lowest BCUT2D eigenvalue weighted by Crippen LogP contribution is -2.39. The Balaban J connectivity index is 1.53. The number of nitrogens with zero attached hydrogens (tertiary/aromatic N) is 2. The molecule has 1 fully saturated rings. The molecule has 1 aliphatic carbocycles. The fourth-order valence-corrected chi connectivity index (χ4v) is 4.72. The molecule has 2 aromatic rings. The van der Waals surface area contributed by atoms with E-state index in [1.165, 1.54) is 37.1 Å². The van der Waals surface area contributed by atoms with Crippen LogP contribution >= 0.6 is 0 Å². The van der Waals surface area contributed by atoms with Crippen molar-refractivity contribution in [1.82, 2.24) is 10.1 Å². The Kier molecular flexibility index (Phi) is 3.15. The number of hydrogen-bond acceptors (Lipinski definition) is 3. The maximum atomic E-state index is 5.53. The first kappa shape index (κ1) is 14.0. The third-order valence-corrected chi connectivity index (χ3v) is 5.41. The van der Waals surface area contributed by atoms with E-state index in [2.05, 4.69) is 54.2 Å². The molecule has 116 valence electrons. The van der Waals surface area contributed by atoms with Crippen LogP contribution < -0.4 is 0 Å². The molecule has 0 amide bonds. The molecule has 3 heteroatoms. The number of fused-ring (bicyclic) bond motifs is 1. The van der Waals surface area contributed by atoms with Gasteiger partial charge in [-0.05, 0) is 36.8 Å². The number of benzene rings is 1. The van der Waals surface area contributed by atoms with E-state index in [1.807, 2.05) is 6.20 Å². The van der Waals surface area contributed by atoms with Crippen LogP contribution in [0.1, 0.15) is 43.6 Å². The predicted molar refractivity (Wildman–Crippen MR) is 86.6 cm³/mol. The Morgan fingerprint density at radius 2 is 2.05 bits per heavy atom. The first-order valence-corrected chi connectivity index (χ1v) is 8.27. The Hall–Kier alpha value is -1.61. The minimum Gasteiger partial charge on any atom is -0.361 e. The molecule has 1 aromatic heterocycles. The van der Waals surface area contributed by atoms with E-state index in [1.54, 1.807) is 0 Å². The van der Waals surface area contributed by atoms with Crippen LogP contribution in [0.25, 0.3) is 0 Å². The second kappa shape index (κ2) is 4.95. The molecule has 4 rings (SSSR count). The summed E-state index contributed by atoms with van der Waals surface area (Å²) in [7, 11) is 0. The summed E-state index contributed by atoms with van der Waals surface area (Å²) >= 11 is 0. The van der Waals surface area contributed by atoms with E-state index < -0.39 is 0 Å². The largest absolute Gasteiger partial charge is 0.361 e. The zero-order valence-corrected chi connectivity index (χ0v) is 13.5. The van der Waals surface area contributed by atoms with Gasteiger partial charge in [-0.2, -0.15) is 0 Å². The molecule has 1 atom stereocenters. The number of rotatable bonds is 2. The van der Waals surface area contributed by atoms with Gasteiger partial charge in [0.25, 0.3) is 0 Å². The highest BCUT2D eigenvalue weighted by atomic mass is 16.5. The van der Waals surface area contributed by atoms with Gasteiger partial charge in [-0.15, -0.1) is 0 Å². The van der Waals surface area contributed by atoms with Gasteiger partial charge in [0.2, 0.25) is 0 Å². The normalized spacial score (nSPS) is 27.2. The lowest BCUT2D eigenvalue weighted by molar-refractivity contribution is 0.154. The van der Waals surface area contributed by atoms with E-state index in [4.69, 9.17) is 4.52 Å². The fourth-order valence-electron chi connectivity index (χ4n) is 4.72. The molecule has 0 saturated carbocycles. The molecular formula is C19H24N2O. The lowest BCUT2D eigenvalue weighted by atomic mass is 9.63. The molecule has 1 aliphatic heterocycles. The Bertz CT molecular complexity index is 661. The average molecular weight is 296 g/mol. The zero-order valence-electron chi connectivity index (χ0n) is 13.5. The van der Waals surface area contributed by atoms with Crippen LogP contribution in [0, 0.1) is 5.41 Å². The third kappa shape index (κ3) is 2.38. The zero-order chi connectivity index (χ0) is 15.2. The molecule has 1 unspecified atom stereocenters. The van der Waals surface area contributed by atoms with Crippen LogP contribution in [0.3, 0.4) is 0 Å². The molecule has 1 saturated heterocycles. The highest BCUT2D eigenvalue weighted by Gasteiger charge is 2.48. The first-order chi connectivity index (χ1) is 10.6. The summed E-state index contributed by atoms with van der Waals surface area (Å²) in [6.45, 7) is 8.07. The van der Waals surface area contributed by atoms with Crippen molar-refractivity contribution in [3.05, 3.63) is 53.4 Å². The summed E-state index contributed by atoms with van der Waals surface area (Å²) in [5.74, 6) is 1.11. The van der Waals surface area contributed by atoms with E-state index in [9.17, 15) is 0 Å². The van der Waals surface area contributed by atoms with E-state index in [0.29, 0.717) is 5.41 Å². The summed E-state index contributed by atoms with van der Waals surface area (Å²) in [6.07, 6.45) is 5.56. The predicted octanol–water partition coefficient (Wildman–Crippen LogP) is 3.79. The highest BCUT2D eigenvalue weighted by Crippen LogP contribution is 2.50. The molecule has 0 N–H and O–H groups in total. The molecule has 2 aliphatic rings. The van der Waals surface area contributed by atoms with E-state index in [0.717, 1.165) is 18.7 Å². The quantitative estimate of drug-likeness (QED) is 0.844. The topological polar surface area (TPSA) is 29.3 Å². The second-order valence-corrected chi connectivity index (χ2v) is 7.86. The fraction of sp³-hybridized carbons (Fsp3) is 0.526. The van der Waals surface area contributed by atoms with Crippen LogP contribution in [0.2, 0.25) is 0 Å². The van der Waals surface area contributed by atoms with Gasteiger partial charge in [-0.3, -0.25) is 4.90 Å². The van der Waals surface area contributed by atoms with Crippen molar-refractivity contribution in [3.8, 4) is 0 Å². The second-order valence-electron chi connectivity index (χ2n) is 7.86. The summed E-state index contributed by atoms with van der Waals surface area (Å²) < 4.78 is 5.53.